The maximum atomic E-state index is 12.9. The third kappa shape index (κ3) is 4.48. The zero-order chi connectivity index (χ0) is 12.8. The molecule has 0 aromatic heterocycles. The van der Waals surface area contributed by atoms with E-state index in [0.717, 1.165) is 12.1 Å². The summed E-state index contributed by atoms with van der Waals surface area (Å²) in [7, 11) is 1.80. The number of amides is 1. The Balaban J connectivity index is 2.48. The van der Waals surface area contributed by atoms with Gasteiger partial charge in [0.05, 0.1) is 6.42 Å². The molecule has 0 aliphatic heterocycles. The number of hydrogen-bond acceptors (Lipinski definition) is 2. The molecule has 0 heterocycles. The maximum absolute atomic E-state index is 12.9. The van der Waals surface area contributed by atoms with Crippen molar-refractivity contribution in [1.82, 2.24) is 10.6 Å². The summed E-state index contributed by atoms with van der Waals surface area (Å²) < 4.78 is 25.5. The van der Waals surface area contributed by atoms with Crippen molar-refractivity contribution in [2.24, 2.45) is 0 Å². The van der Waals surface area contributed by atoms with Crippen LogP contribution in [0.2, 0.25) is 0 Å². The molecule has 94 valence electrons. The predicted octanol–water partition coefficient (Wildman–Crippen LogP) is 1.23. The van der Waals surface area contributed by atoms with Crippen molar-refractivity contribution in [3.63, 3.8) is 0 Å². The molecule has 5 heteroatoms. The van der Waals surface area contributed by atoms with Crippen LogP contribution in [-0.4, -0.2) is 25.5 Å². The van der Waals surface area contributed by atoms with Crippen LogP contribution < -0.4 is 10.6 Å². The Hall–Kier alpha value is -1.49. The number of likely N-dealkylation sites (N-methyl/N-ethyl adjacent to an activating group) is 1. The molecule has 0 aliphatic rings. The summed E-state index contributed by atoms with van der Waals surface area (Å²) in [6, 6.07) is 3.63. The maximum Gasteiger partial charge on any atom is 0.224 e. The average Bonchev–Trinajstić information content (AvgIpc) is 2.31. The number of rotatable bonds is 5. The van der Waals surface area contributed by atoms with Crippen molar-refractivity contribution in [3.05, 3.63) is 35.4 Å². The van der Waals surface area contributed by atoms with Crippen LogP contribution in [-0.2, 0) is 11.2 Å². The molecule has 1 aromatic carbocycles. The van der Waals surface area contributed by atoms with Crippen molar-refractivity contribution in [1.29, 1.82) is 0 Å². The minimum absolute atomic E-state index is 0.0492. The normalized spacial score (nSPS) is 12.2. The summed E-state index contributed by atoms with van der Waals surface area (Å²) in [5, 5.41) is 5.67. The first-order valence-corrected chi connectivity index (χ1v) is 5.41. The van der Waals surface area contributed by atoms with Crippen LogP contribution in [0, 0.1) is 11.6 Å². The lowest BCUT2D eigenvalue weighted by Crippen LogP contribution is -2.37. The fourth-order valence-corrected chi connectivity index (χ4v) is 1.27. The van der Waals surface area contributed by atoms with Crippen LogP contribution in [0.25, 0.3) is 0 Å². The highest BCUT2D eigenvalue weighted by Crippen LogP contribution is 2.09. The molecule has 0 saturated heterocycles. The van der Waals surface area contributed by atoms with Crippen LogP contribution in [0.1, 0.15) is 12.5 Å². The van der Waals surface area contributed by atoms with Gasteiger partial charge in [-0.25, -0.2) is 8.78 Å². The molecule has 1 unspecified atom stereocenters. The lowest BCUT2D eigenvalue weighted by atomic mass is 10.1. The minimum atomic E-state index is -0.932. The largest absolute Gasteiger partial charge is 0.354 e. The number of hydrogen-bond donors (Lipinski definition) is 2. The van der Waals surface area contributed by atoms with Crippen LogP contribution in [0.5, 0.6) is 0 Å². The van der Waals surface area contributed by atoms with Gasteiger partial charge in [0.15, 0.2) is 11.6 Å². The van der Waals surface area contributed by atoms with Crippen molar-refractivity contribution in [2.45, 2.75) is 19.4 Å². The standard InChI is InChI=1S/C12H16F2N2O/c1-8(15-2)7-16-12(17)6-9-3-4-10(13)11(14)5-9/h3-5,8,15H,6-7H2,1-2H3,(H,16,17). The molecule has 1 atom stereocenters. The van der Waals surface area contributed by atoms with E-state index in [0.29, 0.717) is 12.1 Å². The predicted molar refractivity (Wildman–Crippen MR) is 61.6 cm³/mol. The molecule has 0 aliphatic carbocycles. The summed E-state index contributed by atoms with van der Waals surface area (Å²) >= 11 is 0. The fraction of sp³-hybridized carbons (Fsp3) is 0.417. The third-order valence-corrected chi connectivity index (χ3v) is 2.45. The van der Waals surface area contributed by atoms with E-state index in [4.69, 9.17) is 0 Å². The number of carbonyl (C=O) groups excluding carboxylic acids is 1. The first-order valence-electron chi connectivity index (χ1n) is 5.41. The molecule has 2 N–H and O–H groups in total. The van der Waals surface area contributed by atoms with Crippen molar-refractivity contribution in [3.8, 4) is 0 Å². The molecule has 1 amide bonds. The molecular formula is C12H16F2N2O. The average molecular weight is 242 g/mol. The Bertz CT molecular complexity index is 396. The molecule has 0 bridgehead atoms. The Labute approximate surface area is 99.2 Å². The Kier molecular flexibility index (Phi) is 5.03. The lowest BCUT2D eigenvalue weighted by molar-refractivity contribution is -0.120. The van der Waals surface area contributed by atoms with Crippen molar-refractivity contribution in [2.75, 3.05) is 13.6 Å². The van der Waals surface area contributed by atoms with Crippen molar-refractivity contribution >= 4 is 5.91 Å². The summed E-state index contributed by atoms with van der Waals surface area (Å²) in [6.45, 7) is 2.43. The van der Waals surface area contributed by atoms with Gasteiger partial charge in [-0.05, 0) is 31.7 Å². The van der Waals surface area contributed by atoms with Gasteiger partial charge in [0.1, 0.15) is 0 Å². The monoisotopic (exact) mass is 242 g/mol. The van der Waals surface area contributed by atoms with E-state index in [1.54, 1.807) is 7.05 Å². The second kappa shape index (κ2) is 6.30. The summed E-state index contributed by atoms with van der Waals surface area (Å²) in [4.78, 5) is 11.5. The zero-order valence-electron chi connectivity index (χ0n) is 9.89. The molecule has 1 aromatic rings. The first-order chi connectivity index (χ1) is 8.02. The van der Waals surface area contributed by atoms with E-state index in [2.05, 4.69) is 10.6 Å². The highest BCUT2D eigenvalue weighted by Gasteiger charge is 2.07. The van der Waals surface area contributed by atoms with E-state index in [-0.39, 0.29) is 18.4 Å². The van der Waals surface area contributed by atoms with Gasteiger partial charge in [0, 0.05) is 12.6 Å². The molecule has 17 heavy (non-hydrogen) atoms. The molecule has 0 fully saturated rings. The molecule has 0 saturated carbocycles. The minimum Gasteiger partial charge on any atom is -0.354 e. The smallest absolute Gasteiger partial charge is 0.224 e. The molecule has 1 rings (SSSR count). The fourth-order valence-electron chi connectivity index (χ4n) is 1.27. The number of nitrogens with one attached hydrogen (secondary N) is 2. The van der Waals surface area contributed by atoms with E-state index < -0.39 is 11.6 Å². The summed E-state index contributed by atoms with van der Waals surface area (Å²) in [6.07, 6.45) is 0.0492. The van der Waals surface area contributed by atoms with Gasteiger partial charge < -0.3 is 10.6 Å². The van der Waals surface area contributed by atoms with Gasteiger partial charge in [-0.3, -0.25) is 4.79 Å². The van der Waals surface area contributed by atoms with Gasteiger partial charge in [-0.1, -0.05) is 6.07 Å². The van der Waals surface area contributed by atoms with Crippen LogP contribution >= 0.6 is 0 Å². The number of carbonyl (C=O) groups is 1. The molecule has 3 nitrogen and oxygen atoms in total. The van der Waals surface area contributed by atoms with E-state index in [9.17, 15) is 13.6 Å². The summed E-state index contributed by atoms with van der Waals surface area (Å²) in [5.74, 6) is -2.05. The lowest BCUT2D eigenvalue weighted by Gasteiger charge is -2.11. The Morgan fingerprint density at radius 3 is 2.65 bits per heavy atom. The van der Waals surface area contributed by atoms with Crippen LogP contribution in [0.3, 0.4) is 0 Å². The van der Waals surface area contributed by atoms with Gasteiger partial charge in [-0.2, -0.15) is 0 Å². The van der Waals surface area contributed by atoms with Gasteiger partial charge in [0.25, 0.3) is 0 Å². The van der Waals surface area contributed by atoms with Gasteiger partial charge in [0.2, 0.25) is 5.91 Å². The second-order valence-corrected chi connectivity index (χ2v) is 3.92. The quantitative estimate of drug-likeness (QED) is 0.815. The highest BCUT2D eigenvalue weighted by molar-refractivity contribution is 5.78. The second-order valence-electron chi connectivity index (χ2n) is 3.92. The van der Waals surface area contributed by atoms with Gasteiger partial charge >= 0.3 is 0 Å². The third-order valence-electron chi connectivity index (χ3n) is 2.45. The van der Waals surface area contributed by atoms with Gasteiger partial charge in [-0.15, -0.1) is 0 Å². The Morgan fingerprint density at radius 2 is 2.06 bits per heavy atom. The first kappa shape index (κ1) is 13.6. The molecule has 0 radical (unpaired) electrons. The number of benzene rings is 1. The molecular weight excluding hydrogens is 226 g/mol. The van der Waals surface area contributed by atoms with Crippen molar-refractivity contribution < 1.29 is 13.6 Å². The Morgan fingerprint density at radius 1 is 1.35 bits per heavy atom. The highest BCUT2D eigenvalue weighted by atomic mass is 19.2. The van der Waals surface area contributed by atoms with Crippen LogP contribution in [0.4, 0.5) is 8.78 Å². The molecule has 0 spiro atoms. The van der Waals surface area contributed by atoms with E-state index in [1.807, 2.05) is 6.92 Å². The van der Waals surface area contributed by atoms with Crippen LogP contribution in [0.15, 0.2) is 18.2 Å². The number of halogens is 2. The topological polar surface area (TPSA) is 41.1 Å². The SMILES string of the molecule is CNC(C)CNC(=O)Cc1ccc(F)c(F)c1. The summed E-state index contributed by atoms with van der Waals surface area (Å²) in [5.41, 5.74) is 0.457. The zero-order valence-corrected chi connectivity index (χ0v) is 9.89. The van der Waals surface area contributed by atoms with E-state index in [1.165, 1.54) is 6.07 Å². The van der Waals surface area contributed by atoms with E-state index >= 15 is 0 Å².